The molecule has 33 heavy (non-hydrogen) atoms. The normalized spacial score (nSPS) is 10.8. The summed E-state index contributed by atoms with van der Waals surface area (Å²) >= 11 is 6.14. The van der Waals surface area contributed by atoms with Gasteiger partial charge in [-0.3, -0.25) is 4.98 Å². The summed E-state index contributed by atoms with van der Waals surface area (Å²) in [4.78, 5) is 42.4. The van der Waals surface area contributed by atoms with Gasteiger partial charge in [0, 0.05) is 10.6 Å². The van der Waals surface area contributed by atoms with Crippen LogP contribution in [0, 0.1) is 6.57 Å². The minimum absolute atomic E-state index is 0.0145. The molecule has 0 saturated carbocycles. The molecule has 0 saturated heterocycles. The number of rotatable bonds is 4. The minimum Gasteiger partial charge on any atom is -0.465 e. The van der Waals surface area contributed by atoms with Gasteiger partial charge in [0.25, 0.3) is 5.82 Å². The Morgan fingerprint density at radius 3 is 2.55 bits per heavy atom. The fourth-order valence-corrected chi connectivity index (χ4v) is 3.00. The molecular weight excluding hydrogens is 446 g/mol. The van der Waals surface area contributed by atoms with Crippen molar-refractivity contribution in [3.8, 4) is 11.3 Å². The Bertz CT molecular complexity index is 1250. The number of benzene rings is 1. The molecule has 0 bridgehead atoms. The zero-order valence-electron chi connectivity index (χ0n) is 18.4. The van der Waals surface area contributed by atoms with Gasteiger partial charge < -0.3 is 14.3 Å². The van der Waals surface area contributed by atoms with E-state index in [4.69, 9.17) is 27.6 Å². The van der Waals surface area contributed by atoms with Crippen LogP contribution >= 0.6 is 11.6 Å². The number of carbonyl (C=O) groups is 2. The van der Waals surface area contributed by atoms with Gasteiger partial charge in [-0.25, -0.2) is 19.5 Å². The number of nitrogens with zero attached hydrogens (tertiary/aromatic N) is 5. The number of anilines is 2. The van der Waals surface area contributed by atoms with Crippen molar-refractivity contribution in [2.24, 2.45) is 0 Å². The maximum absolute atomic E-state index is 13.1. The number of aromatic nitrogens is 3. The molecule has 0 spiro atoms. The molecule has 3 aromatic rings. The first-order chi connectivity index (χ1) is 15.6. The molecular formula is C23H20ClN5O4. The van der Waals surface area contributed by atoms with E-state index in [0.717, 1.165) is 0 Å². The zero-order valence-corrected chi connectivity index (χ0v) is 19.1. The van der Waals surface area contributed by atoms with Crippen LogP contribution in [0.5, 0.6) is 0 Å². The first-order valence-corrected chi connectivity index (χ1v) is 10.1. The lowest BCUT2D eigenvalue weighted by molar-refractivity contribution is 0.0589. The molecule has 0 fully saturated rings. The second kappa shape index (κ2) is 9.63. The summed E-state index contributed by atoms with van der Waals surface area (Å²) in [5.41, 5.74) is 0.278. The lowest BCUT2D eigenvalue weighted by Gasteiger charge is -2.27. The average molecular weight is 466 g/mol. The lowest BCUT2D eigenvalue weighted by atomic mass is 10.1. The molecule has 1 amide bonds. The topological polar surface area (TPSA) is 98.9 Å². The summed E-state index contributed by atoms with van der Waals surface area (Å²) in [6.07, 6.45) is 3.34. The number of pyridine rings is 1. The monoisotopic (exact) mass is 465 g/mol. The lowest BCUT2D eigenvalue weighted by Crippen LogP contribution is -2.34. The van der Waals surface area contributed by atoms with Gasteiger partial charge in [0.2, 0.25) is 0 Å². The van der Waals surface area contributed by atoms with Gasteiger partial charge in [-0.05, 0) is 45.0 Å². The van der Waals surface area contributed by atoms with Crippen molar-refractivity contribution >= 4 is 41.0 Å². The first-order valence-electron chi connectivity index (χ1n) is 9.70. The number of halogens is 1. The van der Waals surface area contributed by atoms with Gasteiger partial charge in [0.05, 0.1) is 30.9 Å². The Labute approximate surface area is 195 Å². The van der Waals surface area contributed by atoms with Crippen LogP contribution in [0.2, 0.25) is 5.02 Å². The molecule has 168 valence electrons. The maximum atomic E-state index is 13.1. The van der Waals surface area contributed by atoms with Crippen LogP contribution in [0.3, 0.4) is 0 Å². The van der Waals surface area contributed by atoms with Crippen molar-refractivity contribution in [2.45, 2.75) is 26.4 Å². The van der Waals surface area contributed by atoms with E-state index < -0.39 is 17.7 Å². The predicted octanol–water partition coefficient (Wildman–Crippen LogP) is 5.60. The fraction of sp³-hybridized carbons (Fsp3) is 0.217. The van der Waals surface area contributed by atoms with Crippen molar-refractivity contribution in [1.29, 1.82) is 0 Å². The van der Waals surface area contributed by atoms with Crippen molar-refractivity contribution in [3.63, 3.8) is 0 Å². The number of ether oxygens (including phenoxy) is 2. The second-order valence-electron chi connectivity index (χ2n) is 7.76. The van der Waals surface area contributed by atoms with Crippen LogP contribution in [0.25, 0.3) is 16.1 Å². The zero-order chi connectivity index (χ0) is 24.2. The van der Waals surface area contributed by atoms with E-state index in [-0.39, 0.29) is 28.5 Å². The smallest absolute Gasteiger partial charge is 0.420 e. The third-order valence-electron chi connectivity index (χ3n) is 4.16. The van der Waals surface area contributed by atoms with Gasteiger partial charge in [-0.15, -0.1) is 4.98 Å². The number of hydrogen-bond acceptors (Lipinski definition) is 7. The van der Waals surface area contributed by atoms with E-state index >= 15 is 0 Å². The Morgan fingerprint density at radius 2 is 1.91 bits per heavy atom. The van der Waals surface area contributed by atoms with E-state index in [1.54, 1.807) is 45.0 Å². The van der Waals surface area contributed by atoms with Gasteiger partial charge in [-0.1, -0.05) is 24.2 Å². The quantitative estimate of drug-likeness (QED) is 0.365. The Hall–Kier alpha value is -4.03. The van der Waals surface area contributed by atoms with E-state index in [0.29, 0.717) is 10.7 Å². The molecule has 2 heterocycles. The fourth-order valence-electron chi connectivity index (χ4n) is 2.81. The van der Waals surface area contributed by atoms with Crippen LogP contribution in [0.4, 0.5) is 22.1 Å². The van der Waals surface area contributed by atoms with Gasteiger partial charge in [-0.2, -0.15) is 0 Å². The molecule has 0 radical (unpaired) electrons. The summed E-state index contributed by atoms with van der Waals surface area (Å²) in [7, 11) is 1.24. The molecule has 0 unspecified atom stereocenters. The van der Waals surface area contributed by atoms with Crippen molar-refractivity contribution in [3.05, 3.63) is 70.9 Å². The van der Waals surface area contributed by atoms with Crippen LogP contribution < -0.4 is 4.90 Å². The highest BCUT2D eigenvalue weighted by Crippen LogP contribution is 2.32. The molecule has 3 rings (SSSR count). The van der Waals surface area contributed by atoms with Crippen LogP contribution in [0.1, 0.15) is 31.1 Å². The first kappa shape index (κ1) is 23.6. The van der Waals surface area contributed by atoms with Gasteiger partial charge in [0.15, 0.2) is 5.82 Å². The summed E-state index contributed by atoms with van der Waals surface area (Å²) in [6.45, 7) is 12.7. The highest BCUT2D eigenvalue weighted by atomic mass is 35.5. The van der Waals surface area contributed by atoms with E-state index in [1.807, 2.05) is 0 Å². The minimum atomic E-state index is -0.769. The molecule has 0 aliphatic heterocycles. The Morgan fingerprint density at radius 1 is 1.15 bits per heavy atom. The Balaban J connectivity index is 2.15. The summed E-state index contributed by atoms with van der Waals surface area (Å²) in [5, 5.41) is 0.412. The summed E-state index contributed by atoms with van der Waals surface area (Å²) < 4.78 is 10.3. The summed E-state index contributed by atoms with van der Waals surface area (Å²) in [6, 6.07) is 8.06. The predicted molar refractivity (Wildman–Crippen MR) is 123 cm³/mol. The average Bonchev–Trinajstić information content (AvgIpc) is 2.77. The number of esters is 1. The largest absolute Gasteiger partial charge is 0.465 e. The molecule has 1 aromatic carbocycles. The molecule has 10 heteroatoms. The third-order valence-corrected chi connectivity index (χ3v) is 4.40. The molecule has 0 aliphatic carbocycles. The number of methoxy groups -OCH3 is 1. The SMILES string of the molecule is [C-]#[N+]c1ncc(C(=O)OC)cc1-c1cncc(N(C(=O)OC(C)(C)C)c2cccc(Cl)c2)n1. The van der Waals surface area contributed by atoms with Crippen molar-refractivity contribution < 1.29 is 19.1 Å². The molecule has 2 aromatic heterocycles. The number of amides is 1. The second-order valence-corrected chi connectivity index (χ2v) is 8.19. The molecule has 0 atom stereocenters. The van der Waals surface area contributed by atoms with E-state index in [2.05, 4.69) is 19.8 Å². The van der Waals surface area contributed by atoms with E-state index in [9.17, 15) is 9.59 Å². The molecule has 0 N–H and O–H groups in total. The standard InChI is InChI=1S/C23H20ClN5O4/c1-23(2,3)33-22(31)29(16-8-6-7-15(24)10-16)19-13-26-12-18(28-19)17-9-14(21(30)32-5)11-27-20(17)25-4/h6-13H,1-3,5H3. The van der Waals surface area contributed by atoms with E-state index in [1.165, 1.54) is 36.7 Å². The van der Waals surface area contributed by atoms with Crippen LogP contribution in [-0.2, 0) is 9.47 Å². The summed E-state index contributed by atoms with van der Waals surface area (Å²) in [5.74, 6) is -0.470. The van der Waals surface area contributed by atoms with Gasteiger partial charge in [0.1, 0.15) is 17.4 Å². The van der Waals surface area contributed by atoms with Crippen molar-refractivity contribution in [1.82, 2.24) is 15.0 Å². The molecule has 9 nitrogen and oxygen atoms in total. The van der Waals surface area contributed by atoms with Gasteiger partial charge >= 0.3 is 12.1 Å². The molecule has 0 aliphatic rings. The Kier molecular flexibility index (Phi) is 6.89. The third kappa shape index (κ3) is 5.61. The number of carbonyl (C=O) groups excluding carboxylic acids is 2. The van der Waals surface area contributed by atoms with Crippen LogP contribution in [-0.4, -0.2) is 39.7 Å². The van der Waals surface area contributed by atoms with Crippen LogP contribution in [0.15, 0.2) is 48.9 Å². The highest BCUT2D eigenvalue weighted by Gasteiger charge is 2.27. The number of hydrogen-bond donors (Lipinski definition) is 0. The maximum Gasteiger partial charge on any atom is 0.420 e. The highest BCUT2D eigenvalue weighted by molar-refractivity contribution is 6.31. The van der Waals surface area contributed by atoms with Crippen molar-refractivity contribution in [2.75, 3.05) is 12.0 Å².